The lowest BCUT2D eigenvalue weighted by molar-refractivity contribution is 0.160. The number of urea groups is 1. The van der Waals surface area contributed by atoms with Crippen LogP contribution < -0.4 is 14.8 Å². The Morgan fingerprint density at radius 2 is 1.73 bits per heavy atom. The Labute approximate surface area is 196 Å². The van der Waals surface area contributed by atoms with Crippen molar-refractivity contribution < 1.29 is 14.3 Å². The molecule has 0 atom stereocenters. The molecule has 2 fully saturated rings. The van der Waals surface area contributed by atoms with E-state index in [9.17, 15) is 4.79 Å². The first-order valence-electron chi connectivity index (χ1n) is 11.7. The van der Waals surface area contributed by atoms with Crippen LogP contribution in [0.4, 0.5) is 4.79 Å². The van der Waals surface area contributed by atoms with E-state index in [1.165, 1.54) is 16.7 Å². The maximum Gasteiger partial charge on any atom is 0.322 e. The van der Waals surface area contributed by atoms with Crippen molar-refractivity contribution in [1.29, 1.82) is 0 Å². The average molecular weight is 448 g/mol. The lowest BCUT2D eigenvalue weighted by atomic mass is 9.84. The van der Waals surface area contributed by atoms with Crippen LogP contribution in [0.15, 0.2) is 42.1 Å². The monoisotopic (exact) mass is 447 g/mol. The van der Waals surface area contributed by atoms with E-state index in [0.29, 0.717) is 6.54 Å². The number of methoxy groups -OCH3 is 2. The smallest absolute Gasteiger partial charge is 0.322 e. The fraction of sp³-hybridized carbons (Fsp3) is 0.444. The van der Waals surface area contributed by atoms with Crippen LogP contribution in [0.2, 0.25) is 0 Å². The standard InChI is InChI=1S/C27H33N3O3/c1-18-11-19(2)13-20(12-18)16-29-9-7-27(8-10-29)25-6-5-23-21(17-30(25)26(31)28-27)14-22(32-3)15-24(23)33-4/h6,11-15H,5,7-10,16-17H2,1-4H3,(H,28,31). The van der Waals surface area contributed by atoms with Crippen molar-refractivity contribution in [2.75, 3.05) is 27.3 Å². The van der Waals surface area contributed by atoms with Crippen molar-refractivity contribution in [1.82, 2.24) is 15.1 Å². The van der Waals surface area contributed by atoms with Crippen LogP contribution in [0.25, 0.3) is 0 Å². The normalized spacial score (nSPS) is 19.5. The molecule has 1 N–H and O–H groups in total. The molecule has 0 aromatic heterocycles. The summed E-state index contributed by atoms with van der Waals surface area (Å²) in [6.07, 6.45) is 4.82. The minimum absolute atomic E-state index is 0.00125. The number of carbonyl (C=O) groups is 1. The zero-order chi connectivity index (χ0) is 23.2. The van der Waals surface area contributed by atoms with Gasteiger partial charge in [0.1, 0.15) is 11.5 Å². The van der Waals surface area contributed by atoms with Crippen LogP contribution in [0.3, 0.4) is 0 Å². The van der Waals surface area contributed by atoms with Crippen LogP contribution in [0, 0.1) is 13.8 Å². The highest BCUT2D eigenvalue weighted by molar-refractivity contribution is 5.82. The van der Waals surface area contributed by atoms with Crippen molar-refractivity contribution in [2.24, 2.45) is 0 Å². The highest BCUT2D eigenvalue weighted by Gasteiger charge is 2.49. The molecule has 2 aromatic rings. The minimum atomic E-state index is -0.282. The average Bonchev–Trinajstić information content (AvgIpc) is 2.92. The molecule has 0 radical (unpaired) electrons. The molecule has 0 saturated carbocycles. The number of aryl methyl sites for hydroxylation is 2. The van der Waals surface area contributed by atoms with Gasteiger partial charge in [-0.1, -0.05) is 35.4 Å². The second-order valence-electron chi connectivity index (χ2n) is 9.63. The molecule has 2 saturated heterocycles. The molecular formula is C27H33N3O3. The molecule has 1 spiro atoms. The summed E-state index contributed by atoms with van der Waals surface area (Å²) in [5.41, 5.74) is 7.05. The number of piperidine rings is 1. The van der Waals surface area contributed by atoms with E-state index in [-0.39, 0.29) is 11.6 Å². The first kappa shape index (κ1) is 21.8. The van der Waals surface area contributed by atoms with Crippen molar-refractivity contribution in [2.45, 2.75) is 51.7 Å². The topological polar surface area (TPSA) is 54.0 Å². The zero-order valence-corrected chi connectivity index (χ0v) is 20.0. The van der Waals surface area contributed by atoms with Gasteiger partial charge >= 0.3 is 6.03 Å². The molecule has 0 aliphatic carbocycles. The van der Waals surface area contributed by atoms with Gasteiger partial charge in [-0.3, -0.25) is 9.80 Å². The number of ether oxygens (including phenoxy) is 2. The first-order valence-corrected chi connectivity index (χ1v) is 11.7. The van der Waals surface area contributed by atoms with Gasteiger partial charge in [0.2, 0.25) is 0 Å². The van der Waals surface area contributed by atoms with Crippen LogP contribution in [-0.2, 0) is 19.5 Å². The van der Waals surface area contributed by atoms with Crippen molar-refractivity contribution in [3.05, 3.63) is 69.9 Å². The third-order valence-corrected chi connectivity index (χ3v) is 7.33. The molecule has 0 unspecified atom stereocenters. The molecule has 2 amide bonds. The van der Waals surface area contributed by atoms with E-state index in [2.05, 4.69) is 48.3 Å². The van der Waals surface area contributed by atoms with Gasteiger partial charge in [-0.15, -0.1) is 0 Å². The van der Waals surface area contributed by atoms with E-state index >= 15 is 0 Å². The Morgan fingerprint density at radius 1 is 1.00 bits per heavy atom. The predicted molar refractivity (Wildman–Crippen MR) is 129 cm³/mol. The van der Waals surface area contributed by atoms with E-state index < -0.39 is 0 Å². The third-order valence-electron chi connectivity index (χ3n) is 7.33. The predicted octanol–water partition coefficient (Wildman–Crippen LogP) is 4.32. The Balaban J connectivity index is 1.36. The molecular weight excluding hydrogens is 414 g/mol. The number of carbonyl (C=O) groups excluding carboxylic acids is 1. The molecule has 33 heavy (non-hydrogen) atoms. The third kappa shape index (κ3) is 3.97. The van der Waals surface area contributed by atoms with Gasteiger partial charge in [-0.05, 0) is 50.3 Å². The summed E-state index contributed by atoms with van der Waals surface area (Å²) >= 11 is 0. The summed E-state index contributed by atoms with van der Waals surface area (Å²) in [6.45, 7) is 7.73. The second kappa shape index (κ2) is 8.41. The van der Waals surface area contributed by atoms with Crippen molar-refractivity contribution in [3.63, 3.8) is 0 Å². The Hall–Kier alpha value is -2.99. The minimum Gasteiger partial charge on any atom is -0.497 e. The lowest BCUT2D eigenvalue weighted by Crippen LogP contribution is -2.51. The SMILES string of the molecule is COc1cc2c(c(OC)c1)CC=C1N(C2)C(=O)NC12CCN(Cc1cc(C)cc(C)c1)CC2. The largest absolute Gasteiger partial charge is 0.497 e. The van der Waals surface area contributed by atoms with Crippen LogP contribution >= 0.6 is 0 Å². The van der Waals surface area contributed by atoms with Gasteiger partial charge in [0.05, 0.1) is 26.3 Å². The number of amides is 2. The fourth-order valence-corrected chi connectivity index (χ4v) is 5.78. The number of nitrogens with zero attached hydrogens (tertiary/aromatic N) is 2. The summed E-state index contributed by atoms with van der Waals surface area (Å²) in [7, 11) is 3.35. The molecule has 6 heteroatoms. The quantitative estimate of drug-likeness (QED) is 0.759. The number of rotatable bonds is 4. The Kier molecular flexibility index (Phi) is 5.57. The summed E-state index contributed by atoms with van der Waals surface area (Å²) in [5, 5.41) is 3.36. The van der Waals surface area contributed by atoms with Gasteiger partial charge in [-0.2, -0.15) is 0 Å². The summed E-state index contributed by atoms with van der Waals surface area (Å²) in [4.78, 5) is 17.5. The number of fused-ring (bicyclic) bond motifs is 3. The number of likely N-dealkylation sites (tertiary alicyclic amines) is 1. The summed E-state index contributed by atoms with van der Waals surface area (Å²) < 4.78 is 11.1. The van der Waals surface area contributed by atoms with Gasteiger partial charge in [0, 0.05) is 37.0 Å². The lowest BCUT2D eigenvalue weighted by Gasteiger charge is -2.40. The maximum absolute atomic E-state index is 13.1. The summed E-state index contributed by atoms with van der Waals surface area (Å²) in [5.74, 6) is 1.57. The maximum atomic E-state index is 13.1. The van der Waals surface area contributed by atoms with Crippen LogP contribution in [0.1, 0.15) is 40.7 Å². The second-order valence-corrected chi connectivity index (χ2v) is 9.63. The first-order chi connectivity index (χ1) is 15.9. The Morgan fingerprint density at radius 3 is 2.39 bits per heavy atom. The number of hydrogen-bond acceptors (Lipinski definition) is 4. The molecule has 3 aliphatic heterocycles. The van der Waals surface area contributed by atoms with E-state index in [4.69, 9.17) is 9.47 Å². The molecule has 5 rings (SSSR count). The summed E-state index contributed by atoms with van der Waals surface area (Å²) in [6, 6.07) is 10.7. The highest BCUT2D eigenvalue weighted by Crippen LogP contribution is 2.42. The van der Waals surface area contributed by atoms with Crippen molar-refractivity contribution in [3.8, 4) is 11.5 Å². The molecule has 174 valence electrons. The zero-order valence-electron chi connectivity index (χ0n) is 20.0. The molecule has 0 bridgehead atoms. The van der Waals surface area contributed by atoms with E-state index in [1.54, 1.807) is 14.2 Å². The molecule has 3 heterocycles. The fourth-order valence-electron chi connectivity index (χ4n) is 5.78. The molecule has 3 aliphatic rings. The van der Waals surface area contributed by atoms with Gasteiger partial charge in [0.15, 0.2) is 0 Å². The van der Waals surface area contributed by atoms with Gasteiger partial charge in [-0.25, -0.2) is 4.79 Å². The van der Waals surface area contributed by atoms with Crippen molar-refractivity contribution >= 4 is 6.03 Å². The van der Waals surface area contributed by atoms with E-state index in [0.717, 1.165) is 67.2 Å². The Bertz CT molecular complexity index is 1100. The van der Waals surface area contributed by atoms with Gasteiger partial charge < -0.3 is 14.8 Å². The molecule has 6 nitrogen and oxygen atoms in total. The molecule has 2 aromatic carbocycles. The van der Waals surface area contributed by atoms with Crippen LogP contribution in [0.5, 0.6) is 11.5 Å². The van der Waals surface area contributed by atoms with Crippen LogP contribution in [-0.4, -0.2) is 48.7 Å². The number of hydrogen-bond donors (Lipinski definition) is 1. The number of nitrogens with one attached hydrogen (secondary N) is 1. The highest BCUT2D eigenvalue weighted by atomic mass is 16.5. The van der Waals surface area contributed by atoms with Gasteiger partial charge in [0.25, 0.3) is 0 Å². The number of allylic oxidation sites excluding steroid dienone is 1. The van der Waals surface area contributed by atoms with E-state index in [1.807, 2.05) is 17.0 Å². The number of benzene rings is 2.